The van der Waals surface area contributed by atoms with Gasteiger partial charge in [0.25, 0.3) is 5.91 Å². The fourth-order valence-corrected chi connectivity index (χ4v) is 3.40. The lowest BCUT2D eigenvalue weighted by Crippen LogP contribution is -2.34. The average Bonchev–Trinajstić information content (AvgIpc) is 3.27. The molecule has 1 aromatic carbocycles. The first-order chi connectivity index (χ1) is 13.1. The van der Waals surface area contributed by atoms with Gasteiger partial charge >= 0.3 is 12.1 Å². The number of hydrogen-bond acceptors (Lipinski definition) is 3. The highest BCUT2D eigenvalue weighted by Gasteiger charge is 2.53. The molecule has 150 valence electrons. The molecule has 0 spiro atoms. The molecule has 1 amide bonds. The largest absolute Gasteiger partial charge is 0.481 e. The van der Waals surface area contributed by atoms with Crippen LogP contribution in [0.25, 0.3) is 5.69 Å². The number of carbonyl (C=O) groups is 2. The van der Waals surface area contributed by atoms with Crippen LogP contribution < -0.4 is 0 Å². The van der Waals surface area contributed by atoms with Crippen LogP contribution in [0.2, 0.25) is 0 Å². The van der Waals surface area contributed by atoms with Crippen LogP contribution in [-0.2, 0) is 4.79 Å². The highest BCUT2D eigenvalue weighted by atomic mass is 19.4. The van der Waals surface area contributed by atoms with Crippen molar-refractivity contribution in [3.05, 3.63) is 47.8 Å². The maximum absolute atomic E-state index is 13.2. The minimum atomic E-state index is -4.69. The molecule has 1 aliphatic heterocycles. The van der Waals surface area contributed by atoms with Crippen molar-refractivity contribution >= 4 is 11.9 Å². The van der Waals surface area contributed by atoms with Gasteiger partial charge in [-0.15, -0.1) is 0 Å². The highest BCUT2D eigenvalue weighted by molar-refractivity contribution is 5.93. The molecule has 0 bridgehead atoms. The number of carboxylic acids is 1. The number of amides is 1. The van der Waals surface area contributed by atoms with Crippen LogP contribution >= 0.6 is 0 Å². The van der Waals surface area contributed by atoms with Crippen LogP contribution in [0.5, 0.6) is 0 Å². The number of alkyl halides is 3. The summed E-state index contributed by atoms with van der Waals surface area (Å²) in [5, 5.41) is 13.4. The Hall–Kier alpha value is -2.84. The van der Waals surface area contributed by atoms with Crippen LogP contribution in [-0.4, -0.2) is 50.9 Å². The third kappa shape index (κ3) is 3.74. The Morgan fingerprint density at radius 3 is 2.32 bits per heavy atom. The first-order valence-electron chi connectivity index (χ1n) is 8.83. The summed E-state index contributed by atoms with van der Waals surface area (Å²) in [6, 6.07) is 10.6. The second kappa shape index (κ2) is 7.29. The molecule has 2 heterocycles. The quantitative estimate of drug-likeness (QED) is 0.862. The SMILES string of the molecule is CC(C)c1cc(C(=O)N2C[C@@H](C(F)(F)F)[C@H](C(=O)O)C2)nn1-c1ccccc1. The van der Waals surface area contributed by atoms with E-state index >= 15 is 0 Å². The summed E-state index contributed by atoms with van der Waals surface area (Å²) in [4.78, 5) is 25.0. The van der Waals surface area contributed by atoms with Crippen LogP contribution in [0.1, 0.15) is 35.9 Å². The Morgan fingerprint density at radius 2 is 1.82 bits per heavy atom. The van der Waals surface area contributed by atoms with Crippen LogP contribution in [0.4, 0.5) is 13.2 Å². The summed E-state index contributed by atoms with van der Waals surface area (Å²) < 4.78 is 41.1. The molecule has 9 heteroatoms. The maximum Gasteiger partial charge on any atom is 0.394 e. The summed E-state index contributed by atoms with van der Waals surface area (Å²) in [7, 11) is 0. The summed E-state index contributed by atoms with van der Waals surface area (Å²) in [5.74, 6) is -6.01. The van der Waals surface area contributed by atoms with Gasteiger partial charge in [0.05, 0.1) is 17.5 Å². The van der Waals surface area contributed by atoms with Crippen LogP contribution in [0.3, 0.4) is 0 Å². The third-order valence-electron chi connectivity index (χ3n) is 4.89. The Kier molecular flexibility index (Phi) is 5.18. The zero-order valence-electron chi connectivity index (χ0n) is 15.3. The number of nitrogens with zero attached hydrogens (tertiary/aromatic N) is 3. The highest BCUT2D eigenvalue weighted by Crippen LogP contribution is 2.38. The summed E-state index contributed by atoms with van der Waals surface area (Å²) in [6.07, 6.45) is -4.69. The predicted octanol–water partition coefficient (Wildman–Crippen LogP) is 3.33. The van der Waals surface area contributed by atoms with E-state index in [1.54, 1.807) is 10.7 Å². The molecular formula is C19H20F3N3O3. The topological polar surface area (TPSA) is 75.4 Å². The van der Waals surface area contributed by atoms with Crippen molar-refractivity contribution in [2.75, 3.05) is 13.1 Å². The van der Waals surface area contributed by atoms with Gasteiger partial charge in [0, 0.05) is 18.8 Å². The maximum atomic E-state index is 13.2. The van der Waals surface area contributed by atoms with E-state index in [9.17, 15) is 22.8 Å². The lowest BCUT2D eigenvalue weighted by Gasteiger charge is -2.18. The van der Waals surface area contributed by atoms with Gasteiger partial charge in [-0.1, -0.05) is 32.0 Å². The lowest BCUT2D eigenvalue weighted by atomic mass is 9.96. The molecule has 0 unspecified atom stereocenters. The molecule has 28 heavy (non-hydrogen) atoms. The van der Waals surface area contributed by atoms with Crippen molar-refractivity contribution < 1.29 is 27.9 Å². The number of para-hydroxylation sites is 1. The molecule has 1 N–H and O–H groups in total. The molecule has 1 fully saturated rings. The van der Waals surface area contributed by atoms with E-state index in [2.05, 4.69) is 5.10 Å². The molecule has 3 rings (SSSR count). The standard InChI is InChI=1S/C19H20F3N3O3/c1-11(2)16-8-15(23-25(16)12-6-4-3-5-7-12)17(26)24-9-13(18(27)28)14(10-24)19(20,21)22/h3-8,11,13-14H,9-10H2,1-2H3,(H,27,28)/t13-,14-/m1/s1. The Morgan fingerprint density at radius 1 is 1.18 bits per heavy atom. The number of halogens is 3. The van der Waals surface area contributed by atoms with E-state index in [0.29, 0.717) is 0 Å². The van der Waals surface area contributed by atoms with Gasteiger partial charge in [-0.3, -0.25) is 9.59 Å². The van der Waals surface area contributed by atoms with Gasteiger partial charge in [0.2, 0.25) is 0 Å². The Balaban J connectivity index is 1.92. The van der Waals surface area contributed by atoms with Crippen molar-refractivity contribution in [3.63, 3.8) is 0 Å². The molecule has 2 aromatic rings. The zero-order valence-corrected chi connectivity index (χ0v) is 15.3. The number of hydrogen-bond donors (Lipinski definition) is 1. The van der Waals surface area contributed by atoms with Crippen molar-refractivity contribution in [3.8, 4) is 5.69 Å². The van der Waals surface area contributed by atoms with Crippen LogP contribution in [0, 0.1) is 11.8 Å². The number of aromatic nitrogens is 2. The number of carboxylic acid groups (broad SMARTS) is 1. The smallest absolute Gasteiger partial charge is 0.394 e. The first-order valence-corrected chi connectivity index (χ1v) is 8.83. The first kappa shape index (κ1) is 19.9. The third-order valence-corrected chi connectivity index (χ3v) is 4.89. The zero-order chi connectivity index (χ0) is 20.6. The summed E-state index contributed by atoms with van der Waals surface area (Å²) >= 11 is 0. The van der Waals surface area contributed by atoms with Crippen molar-refractivity contribution in [1.29, 1.82) is 0 Å². The van der Waals surface area contributed by atoms with Crippen molar-refractivity contribution in [1.82, 2.24) is 14.7 Å². The van der Waals surface area contributed by atoms with Crippen molar-refractivity contribution in [2.45, 2.75) is 25.9 Å². The summed E-state index contributed by atoms with van der Waals surface area (Å²) in [5.41, 5.74) is 1.46. The molecular weight excluding hydrogens is 375 g/mol. The fourth-order valence-electron chi connectivity index (χ4n) is 3.40. The molecule has 1 aromatic heterocycles. The van der Waals surface area contributed by atoms with E-state index in [1.165, 1.54) is 0 Å². The number of likely N-dealkylation sites (tertiary alicyclic amines) is 1. The number of aliphatic carboxylic acids is 1. The number of carbonyl (C=O) groups excluding carboxylic acids is 1. The van der Waals surface area contributed by atoms with E-state index < -0.39 is 43.0 Å². The predicted molar refractivity (Wildman–Crippen MR) is 94.2 cm³/mol. The minimum Gasteiger partial charge on any atom is -0.481 e. The number of benzene rings is 1. The van der Waals surface area contributed by atoms with E-state index in [4.69, 9.17) is 5.11 Å². The van der Waals surface area contributed by atoms with Crippen molar-refractivity contribution in [2.24, 2.45) is 11.8 Å². The molecule has 0 radical (unpaired) electrons. The minimum absolute atomic E-state index is 0.000448. The Labute approximate surface area is 159 Å². The number of rotatable bonds is 4. The van der Waals surface area contributed by atoms with Gasteiger partial charge < -0.3 is 10.0 Å². The normalized spacial score (nSPS) is 20.0. The van der Waals surface area contributed by atoms with Gasteiger partial charge in [-0.05, 0) is 24.1 Å². The molecule has 0 aliphatic carbocycles. The van der Waals surface area contributed by atoms with E-state index in [0.717, 1.165) is 16.3 Å². The average molecular weight is 395 g/mol. The van der Waals surface area contributed by atoms with E-state index in [-0.39, 0.29) is 11.6 Å². The van der Waals surface area contributed by atoms with Gasteiger partial charge in [0.15, 0.2) is 5.69 Å². The molecule has 6 nitrogen and oxygen atoms in total. The second-order valence-electron chi connectivity index (χ2n) is 7.16. The molecule has 1 saturated heterocycles. The van der Waals surface area contributed by atoms with Crippen LogP contribution in [0.15, 0.2) is 36.4 Å². The molecule has 0 saturated carbocycles. The van der Waals surface area contributed by atoms with Gasteiger partial charge in [-0.2, -0.15) is 18.3 Å². The fraction of sp³-hybridized carbons (Fsp3) is 0.421. The molecule has 1 aliphatic rings. The van der Waals surface area contributed by atoms with Gasteiger partial charge in [-0.25, -0.2) is 4.68 Å². The van der Waals surface area contributed by atoms with E-state index in [1.807, 2.05) is 44.2 Å². The second-order valence-corrected chi connectivity index (χ2v) is 7.16. The monoisotopic (exact) mass is 395 g/mol. The lowest BCUT2D eigenvalue weighted by molar-refractivity contribution is -0.187. The summed E-state index contributed by atoms with van der Waals surface area (Å²) in [6.45, 7) is 2.66. The Bertz CT molecular complexity index is 878. The van der Waals surface area contributed by atoms with Gasteiger partial charge in [0.1, 0.15) is 0 Å². The molecule has 2 atom stereocenters.